The van der Waals surface area contributed by atoms with E-state index in [9.17, 15) is 0 Å². The van der Waals surface area contributed by atoms with E-state index in [4.69, 9.17) is 0 Å². The molecule has 1 radical (unpaired) electrons. The fraction of sp³-hybridized carbons (Fsp3) is 0.375. The summed E-state index contributed by atoms with van der Waals surface area (Å²) < 4.78 is 0. The number of unbranched alkanes of at least 4 members (excludes halogenated alkanes) is 2. The first kappa shape index (κ1) is 7.48. The summed E-state index contributed by atoms with van der Waals surface area (Å²) in [6.07, 6.45) is 10.4. The standard InChI is InChI=1S/C8H13/c1-3-5-7-8-6-4-2/h3-4,6,8H,1,5,7H2,2H3/b6-4+. The van der Waals surface area contributed by atoms with Crippen molar-refractivity contribution in [2.45, 2.75) is 19.8 Å². The zero-order chi connectivity index (χ0) is 6.24. The van der Waals surface area contributed by atoms with Gasteiger partial charge in [-0.2, -0.15) is 0 Å². The van der Waals surface area contributed by atoms with E-state index >= 15 is 0 Å². The summed E-state index contributed by atoms with van der Waals surface area (Å²) in [7, 11) is 0. The third-order valence-electron chi connectivity index (χ3n) is 0.866. The maximum Gasteiger partial charge on any atom is -0.0168 e. The average Bonchev–Trinajstić information content (AvgIpc) is 1.81. The monoisotopic (exact) mass is 109 g/mol. The summed E-state index contributed by atoms with van der Waals surface area (Å²) >= 11 is 0. The van der Waals surface area contributed by atoms with Crippen molar-refractivity contribution in [1.82, 2.24) is 0 Å². The van der Waals surface area contributed by atoms with Gasteiger partial charge in [0.25, 0.3) is 0 Å². The first-order chi connectivity index (χ1) is 3.91. The van der Waals surface area contributed by atoms with Gasteiger partial charge in [-0.1, -0.05) is 18.2 Å². The van der Waals surface area contributed by atoms with E-state index in [1.165, 1.54) is 0 Å². The molecule has 0 N–H and O–H groups in total. The average molecular weight is 109 g/mol. The van der Waals surface area contributed by atoms with Gasteiger partial charge < -0.3 is 0 Å². The molecule has 0 rings (SSSR count). The number of rotatable bonds is 4. The van der Waals surface area contributed by atoms with Gasteiger partial charge in [0.1, 0.15) is 0 Å². The molecule has 0 aliphatic heterocycles. The summed E-state index contributed by atoms with van der Waals surface area (Å²) in [6, 6.07) is 0. The van der Waals surface area contributed by atoms with Crippen molar-refractivity contribution < 1.29 is 0 Å². The van der Waals surface area contributed by atoms with Crippen molar-refractivity contribution in [3.05, 3.63) is 31.2 Å². The Labute approximate surface area is 51.9 Å². The second-order valence-electron chi connectivity index (χ2n) is 1.63. The van der Waals surface area contributed by atoms with Gasteiger partial charge >= 0.3 is 0 Å². The predicted octanol–water partition coefficient (Wildman–Crippen LogP) is 2.73. The summed E-state index contributed by atoms with van der Waals surface area (Å²) in [6.45, 7) is 5.63. The second-order valence-corrected chi connectivity index (χ2v) is 1.63. The molecular weight excluding hydrogens is 96.1 g/mol. The van der Waals surface area contributed by atoms with E-state index in [-0.39, 0.29) is 0 Å². The van der Waals surface area contributed by atoms with Crippen LogP contribution in [0, 0.1) is 6.42 Å². The van der Waals surface area contributed by atoms with Gasteiger partial charge in [-0.15, -0.1) is 6.58 Å². The van der Waals surface area contributed by atoms with Crippen molar-refractivity contribution in [3.8, 4) is 0 Å². The van der Waals surface area contributed by atoms with Crippen LogP contribution in [0.15, 0.2) is 24.8 Å². The van der Waals surface area contributed by atoms with Crippen LogP contribution in [0.2, 0.25) is 0 Å². The van der Waals surface area contributed by atoms with Crippen LogP contribution in [0.1, 0.15) is 19.8 Å². The summed E-state index contributed by atoms with van der Waals surface area (Å²) in [5.41, 5.74) is 0. The SMILES string of the molecule is C=CCC[CH]/C=C/C. The zero-order valence-corrected chi connectivity index (χ0v) is 5.43. The van der Waals surface area contributed by atoms with Crippen LogP contribution in [0.3, 0.4) is 0 Å². The normalized spacial score (nSPS) is 10.1. The lowest BCUT2D eigenvalue weighted by atomic mass is 10.2. The van der Waals surface area contributed by atoms with Gasteiger partial charge in [0.2, 0.25) is 0 Å². The van der Waals surface area contributed by atoms with E-state index in [1.807, 2.05) is 19.1 Å². The van der Waals surface area contributed by atoms with Crippen LogP contribution in [0.5, 0.6) is 0 Å². The van der Waals surface area contributed by atoms with Gasteiger partial charge in [0, 0.05) is 0 Å². The molecule has 0 saturated heterocycles. The van der Waals surface area contributed by atoms with Crippen LogP contribution in [0.25, 0.3) is 0 Å². The number of hydrogen-bond donors (Lipinski definition) is 0. The van der Waals surface area contributed by atoms with Crippen molar-refractivity contribution >= 4 is 0 Å². The van der Waals surface area contributed by atoms with Gasteiger partial charge in [0.05, 0.1) is 0 Å². The molecule has 0 bridgehead atoms. The molecule has 0 fully saturated rings. The minimum absolute atomic E-state index is 1.09. The van der Waals surface area contributed by atoms with E-state index in [1.54, 1.807) is 0 Å². The molecule has 0 aromatic rings. The lowest BCUT2D eigenvalue weighted by molar-refractivity contribution is 1.01. The molecule has 0 saturated carbocycles. The van der Waals surface area contributed by atoms with Crippen LogP contribution < -0.4 is 0 Å². The Morgan fingerprint density at radius 2 is 2.12 bits per heavy atom. The van der Waals surface area contributed by atoms with Crippen LogP contribution in [0.4, 0.5) is 0 Å². The Morgan fingerprint density at radius 1 is 1.38 bits per heavy atom. The van der Waals surface area contributed by atoms with Gasteiger partial charge in [-0.3, -0.25) is 0 Å². The molecule has 0 heteroatoms. The Bertz CT molecular complexity index is 70.1. The molecular formula is C8H13. The summed E-state index contributed by atoms with van der Waals surface area (Å²) in [5.74, 6) is 0. The molecule has 0 amide bonds. The minimum atomic E-state index is 1.09. The van der Waals surface area contributed by atoms with Crippen LogP contribution >= 0.6 is 0 Å². The van der Waals surface area contributed by atoms with Crippen molar-refractivity contribution in [2.75, 3.05) is 0 Å². The van der Waals surface area contributed by atoms with E-state index in [0.29, 0.717) is 0 Å². The lowest BCUT2D eigenvalue weighted by Crippen LogP contribution is -1.67. The largest absolute Gasteiger partial charge is 0.103 e. The Balaban J connectivity index is 2.82. The van der Waals surface area contributed by atoms with Gasteiger partial charge in [0.15, 0.2) is 0 Å². The lowest BCUT2D eigenvalue weighted by Gasteiger charge is -1.85. The Kier molecular flexibility index (Phi) is 6.06. The first-order valence-electron chi connectivity index (χ1n) is 2.97. The molecule has 0 spiro atoms. The van der Waals surface area contributed by atoms with Crippen LogP contribution in [-0.2, 0) is 0 Å². The number of allylic oxidation sites excluding steroid dienone is 3. The van der Waals surface area contributed by atoms with E-state index in [0.717, 1.165) is 12.8 Å². The minimum Gasteiger partial charge on any atom is -0.103 e. The highest BCUT2D eigenvalue weighted by Crippen LogP contribution is 1.94. The summed E-state index contributed by atoms with van der Waals surface area (Å²) in [4.78, 5) is 0. The van der Waals surface area contributed by atoms with Crippen LogP contribution in [-0.4, -0.2) is 0 Å². The van der Waals surface area contributed by atoms with Crippen molar-refractivity contribution in [1.29, 1.82) is 0 Å². The number of hydrogen-bond acceptors (Lipinski definition) is 0. The second kappa shape index (κ2) is 6.48. The molecule has 0 aliphatic rings. The maximum atomic E-state index is 3.61. The highest BCUT2D eigenvalue weighted by Gasteiger charge is 1.76. The third kappa shape index (κ3) is 5.48. The van der Waals surface area contributed by atoms with E-state index < -0.39 is 0 Å². The first-order valence-corrected chi connectivity index (χ1v) is 2.97. The zero-order valence-electron chi connectivity index (χ0n) is 5.43. The Hall–Kier alpha value is -0.520. The molecule has 8 heavy (non-hydrogen) atoms. The van der Waals surface area contributed by atoms with Gasteiger partial charge in [-0.05, 0) is 26.2 Å². The summed E-state index contributed by atoms with van der Waals surface area (Å²) in [5, 5.41) is 0. The predicted molar refractivity (Wildman–Crippen MR) is 38.5 cm³/mol. The quantitative estimate of drug-likeness (QED) is 0.384. The molecule has 0 nitrogen and oxygen atoms in total. The highest BCUT2D eigenvalue weighted by atomic mass is 13.8. The molecule has 0 atom stereocenters. The molecule has 0 aromatic heterocycles. The topological polar surface area (TPSA) is 0 Å². The molecule has 0 aromatic carbocycles. The van der Waals surface area contributed by atoms with Crippen molar-refractivity contribution in [3.63, 3.8) is 0 Å². The maximum absolute atomic E-state index is 3.61. The third-order valence-corrected chi connectivity index (χ3v) is 0.866. The molecule has 0 unspecified atom stereocenters. The highest BCUT2D eigenvalue weighted by molar-refractivity contribution is 4.93. The molecule has 45 valence electrons. The Morgan fingerprint density at radius 3 is 2.62 bits per heavy atom. The fourth-order valence-corrected chi connectivity index (χ4v) is 0.446. The van der Waals surface area contributed by atoms with E-state index in [2.05, 4.69) is 19.1 Å². The van der Waals surface area contributed by atoms with Gasteiger partial charge in [-0.25, -0.2) is 0 Å². The smallest absolute Gasteiger partial charge is 0.0168 e. The van der Waals surface area contributed by atoms with Crippen molar-refractivity contribution in [2.24, 2.45) is 0 Å². The molecule has 0 heterocycles. The fourth-order valence-electron chi connectivity index (χ4n) is 0.446. The molecule has 0 aliphatic carbocycles.